The summed E-state index contributed by atoms with van der Waals surface area (Å²) in [7, 11) is 0. The summed E-state index contributed by atoms with van der Waals surface area (Å²) in [6.07, 6.45) is 3.60. The van der Waals surface area contributed by atoms with Gasteiger partial charge in [-0.1, -0.05) is 26.7 Å². The quantitative estimate of drug-likeness (QED) is 0.848. The highest BCUT2D eigenvalue weighted by Gasteiger charge is 2.28. The third-order valence-electron chi connectivity index (χ3n) is 5.24. The van der Waals surface area contributed by atoms with E-state index in [0.717, 1.165) is 32.6 Å². The number of carbonyl (C=O) groups excluding carboxylic acids is 2. The highest BCUT2D eigenvalue weighted by Crippen LogP contribution is 2.29. The first-order valence-electron chi connectivity index (χ1n) is 8.24. The molecule has 2 rings (SSSR count). The van der Waals surface area contributed by atoms with Crippen LogP contribution in [0.5, 0.6) is 0 Å². The summed E-state index contributed by atoms with van der Waals surface area (Å²) in [5, 5.41) is 3.22. The van der Waals surface area contributed by atoms with Crippen molar-refractivity contribution in [1.82, 2.24) is 15.1 Å². The second-order valence-electron chi connectivity index (χ2n) is 6.72. The number of rotatable bonds is 3. The summed E-state index contributed by atoms with van der Waals surface area (Å²) in [4.78, 5) is 27.5. The molecule has 0 spiro atoms. The van der Waals surface area contributed by atoms with Gasteiger partial charge in [0.15, 0.2) is 0 Å². The molecular weight excluding hydrogens is 266 g/mol. The molecule has 0 aromatic rings. The van der Waals surface area contributed by atoms with Crippen molar-refractivity contribution in [2.45, 2.75) is 46.1 Å². The minimum Gasteiger partial charge on any atom is -0.352 e. The monoisotopic (exact) mass is 295 g/mol. The van der Waals surface area contributed by atoms with Crippen LogP contribution in [0.2, 0.25) is 0 Å². The minimum atomic E-state index is 0.129. The lowest BCUT2D eigenvalue weighted by atomic mass is 9.78. The topological polar surface area (TPSA) is 52.7 Å². The Balaban J connectivity index is 1.74. The predicted molar refractivity (Wildman–Crippen MR) is 82.8 cm³/mol. The fourth-order valence-electron chi connectivity index (χ4n) is 3.46. The van der Waals surface area contributed by atoms with E-state index in [2.05, 4.69) is 24.1 Å². The van der Waals surface area contributed by atoms with Crippen molar-refractivity contribution in [3.05, 3.63) is 0 Å². The molecule has 1 heterocycles. The molecule has 2 aliphatic rings. The van der Waals surface area contributed by atoms with Crippen LogP contribution in [0.1, 0.15) is 40.0 Å². The molecule has 21 heavy (non-hydrogen) atoms. The van der Waals surface area contributed by atoms with Crippen molar-refractivity contribution >= 4 is 11.8 Å². The Labute approximate surface area is 128 Å². The van der Waals surface area contributed by atoms with Gasteiger partial charge in [-0.2, -0.15) is 0 Å². The first kappa shape index (κ1) is 16.3. The Kier molecular flexibility index (Phi) is 5.62. The van der Waals surface area contributed by atoms with Crippen LogP contribution < -0.4 is 5.32 Å². The second-order valence-corrected chi connectivity index (χ2v) is 6.72. The molecule has 1 aliphatic heterocycles. The van der Waals surface area contributed by atoms with Crippen molar-refractivity contribution in [2.75, 3.05) is 32.7 Å². The predicted octanol–water partition coefficient (Wildman–Crippen LogP) is 1.09. The Bertz CT molecular complexity index is 378. The summed E-state index contributed by atoms with van der Waals surface area (Å²) in [5.41, 5.74) is 0. The Morgan fingerprint density at radius 2 is 1.76 bits per heavy atom. The van der Waals surface area contributed by atoms with Crippen molar-refractivity contribution in [3.63, 3.8) is 0 Å². The van der Waals surface area contributed by atoms with E-state index < -0.39 is 0 Å². The third kappa shape index (κ3) is 4.43. The number of hydrogen-bond donors (Lipinski definition) is 1. The van der Waals surface area contributed by atoms with Crippen LogP contribution >= 0.6 is 0 Å². The molecule has 2 amide bonds. The van der Waals surface area contributed by atoms with Gasteiger partial charge in [0.25, 0.3) is 0 Å². The molecule has 1 saturated carbocycles. The maximum absolute atomic E-state index is 12.2. The van der Waals surface area contributed by atoms with Crippen molar-refractivity contribution < 1.29 is 9.59 Å². The van der Waals surface area contributed by atoms with Gasteiger partial charge in [-0.3, -0.25) is 14.5 Å². The maximum Gasteiger partial charge on any atom is 0.234 e. The molecule has 5 nitrogen and oxygen atoms in total. The third-order valence-corrected chi connectivity index (χ3v) is 5.24. The van der Waals surface area contributed by atoms with Crippen molar-refractivity contribution in [2.24, 2.45) is 11.8 Å². The molecule has 5 heteroatoms. The summed E-state index contributed by atoms with van der Waals surface area (Å²) >= 11 is 0. The van der Waals surface area contributed by atoms with Crippen LogP contribution in [-0.2, 0) is 9.59 Å². The van der Waals surface area contributed by atoms with Gasteiger partial charge in [0.05, 0.1) is 6.54 Å². The highest BCUT2D eigenvalue weighted by molar-refractivity contribution is 5.78. The van der Waals surface area contributed by atoms with Gasteiger partial charge in [-0.05, 0) is 18.3 Å². The number of piperazine rings is 1. The molecule has 120 valence electrons. The van der Waals surface area contributed by atoms with Gasteiger partial charge >= 0.3 is 0 Å². The lowest BCUT2D eigenvalue weighted by Gasteiger charge is -2.36. The van der Waals surface area contributed by atoms with Gasteiger partial charge in [0.2, 0.25) is 11.8 Å². The fourth-order valence-corrected chi connectivity index (χ4v) is 3.46. The number of carbonyl (C=O) groups is 2. The van der Waals surface area contributed by atoms with Gasteiger partial charge < -0.3 is 10.2 Å². The van der Waals surface area contributed by atoms with E-state index in [4.69, 9.17) is 0 Å². The van der Waals surface area contributed by atoms with Crippen LogP contribution in [0.3, 0.4) is 0 Å². The molecule has 0 unspecified atom stereocenters. The van der Waals surface area contributed by atoms with Crippen molar-refractivity contribution in [3.8, 4) is 0 Å². The van der Waals surface area contributed by atoms with Crippen LogP contribution in [0, 0.1) is 11.8 Å². The Morgan fingerprint density at radius 3 is 2.38 bits per heavy atom. The number of nitrogens with one attached hydrogen (secondary N) is 1. The highest BCUT2D eigenvalue weighted by atomic mass is 16.2. The summed E-state index contributed by atoms with van der Waals surface area (Å²) in [6, 6.07) is 0.333. The van der Waals surface area contributed by atoms with Gasteiger partial charge in [0.1, 0.15) is 0 Å². The average molecular weight is 295 g/mol. The van der Waals surface area contributed by atoms with E-state index in [9.17, 15) is 9.59 Å². The molecule has 0 aromatic carbocycles. The molecule has 0 aromatic heterocycles. The molecule has 1 aliphatic carbocycles. The molecule has 2 fully saturated rings. The summed E-state index contributed by atoms with van der Waals surface area (Å²) in [5.74, 6) is 1.53. The lowest BCUT2D eigenvalue weighted by Crippen LogP contribution is -2.52. The number of amides is 2. The largest absolute Gasteiger partial charge is 0.352 e. The van der Waals surface area contributed by atoms with Gasteiger partial charge in [-0.15, -0.1) is 0 Å². The molecule has 1 N–H and O–H groups in total. The van der Waals surface area contributed by atoms with E-state index in [1.165, 1.54) is 12.8 Å². The second kappa shape index (κ2) is 7.25. The van der Waals surface area contributed by atoms with Crippen LogP contribution in [0.15, 0.2) is 0 Å². The number of hydrogen-bond acceptors (Lipinski definition) is 3. The first-order valence-corrected chi connectivity index (χ1v) is 8.24. The van der Waals surface area contributed by atoms with Gasteiger partial charge in [-0.25, -0.2) is 0 Å². The minimum absolute atomic E-state index is 0.129. The Morgan fingerprint density at radius 1 is 1.10 bits per heavy atom. The van der Waals surface area contributed by atoms with E-state index in [0.29, 0.717) is 24.4 Å². The molecular formula is C16H29N3O2. The Hall–Kier alpha value is -1.10. The standard InChI is InChI=1S/C16H29N3O2/c1-12-5-4-6-15(13(12)2)17-16(21)11-18-7-9-19(10-8-18)14(3)20/h12-13,15H,4-11H2,1-3H3,(H,17,21)/t12-,13-,15-/m1/s1. The molecule has 0 radical (unpaired) electrons. The average Bonchev–Trinajstić information content (AvgIpc) is 2.44. The molecule has 1 saturated heterocycles. The van der Waals surface area contributed by atoms with Crippen LogP contribution in [-0.4, -0.2) is 60.4 Å². The van der Waals surface area contributed by atoms with Gasteiger partial charge in [0, 0.05) is 39.1 Å². The lowest BCUT2D eigenvalue weighted by molar-refractivity contribution is -0.131. The smallest absolute Gasteiger partial charge is 0.234 e. The summed E-state index contributed by atoms with van der Waals surface area (Å²) in [6.45, 7) is 9.66. The zero-order valence-electron chi connectivity index (χ0n) is 13.6. The van der Waals surface area contributed by atoms with E-state index in [-0.39, 0.29) is 11.8 Å². The van der Waals surface area contributed by atoms with E-state index >= 15 is 0 Å². The fraction of sp³-hybridized carbons (Fsp3) is 0.875. The zero-order valence-corrected chi connectivity index (χ0v) is 13.6. The zero-order chi connectivity index (χ0) is 15.4. The SMILES string of the molecule is CC(=O)N1CCN(CC(=O)N[C@@H]2CCC[C@@H](C)[C@H]2C)CC1. The van der Waals surface area contributed by atoms with E-state index in [1.807, 2.05) is 4.90 Å². The van der Waals surface area contributed by atoms with Crippen LogP contribution in [0.25, 0.3) is 0 Å². The normalized spacial score (nSPS) is 31.0. The van der Waals surface area contributed by atoms with Crippen LogP contribution in [0.4, 0.5) is 0 Å². The molecule has 0 bridgehead atoms. The maximum atomic E-state index is 12.2. The van der Waals surface area contributed by atoms with E-state index in [1.54, 1.807) is 6.92 Å². The van der Waals surface area contributed by atoms with Crippen molar-refractivity contribution in [1.29, 1.82) is 0 Å². The number of nitrogens with zero attached hydrogens (tertiary/aromatic N) is 2. The first-order chi connectivity index (χ1) is 9.97. The summed E-state index contributed by atoms with van der Waals surface area (Å²) < 4.78 is 0. The molecule has 3 atom stereocenters.